The maximum absolute atomic E-state index is 13.6. The number of hydrogen-bond acceptors (Lipinski definition) is 2. The second kappa shape index (κ2) is 13.5. The normalized spacial score (nSPS) is 16.8. The van der Waals surface area contributed by atoms with E-state index in [1.165, 1.54) is 0 Å². The highest BCUT2D eigenvalue weighted by molar-refractivity contribution is 5.93. The third-order valence-corrected chi connectivity index (χ3v) is 6.40. The molecule has 3 N–H and O–H groups in total. The third-order valence-electron chi connectivity index (χ3n) is 6.40. The van der Waals surface area contributed by atoms with E-state index in [2.05, 4.69) is 54.8 Å². The summed E-state index contributed by atoms with van der Waals surface area (Å²) in [5.41, 5.74) is 2.48. The molecule has 3 nitrogen and oxygen atoms in total. The minimum atomic E-state index is -4.31. The molecule has 0 atom stereocenters. The predicted octanol–water partition coefficient (Wildman–Crippen LogP) is 8.35. The first-order valence-electron chi connectivity index (χ1n) is 12.0. The Morgan fingerprint density at radius 1 is 0.921 bits per heavy atom. The van der Waals surface area contributed by atoms with E-state index in [-0.39, 0.29) is 6.04 Å². The SMILES string of the molecule is C#C.C=C.C=C(Nc1c[nH]c2cc(F)c(F)cc12)C(=C)NC1CCC(Cc2ccc(C(F)(F)F)cc2)CC1. The Morgan fingerprint density at radius 2 is 1.50 bits per heavy atom. The Kier molecular flexibility index (Phi) is 10.8. The number of terminal acetylenes is 1. The topological polar surface area (TPSA) is 39.9 Å². The average molecular weight is 530 g/mol. The van der Waals surface area contributed by atoms with Crippen molar-refractivity contribution in [3.05, 3.63) is 103 Å². The monoisotopic (exact) mass is 529 g/mol. The molecule has 2 aromatic carbocycles. The van der Waals surface area contributed by atoms with Crippen LogP contribution < -0.4 is 10.6 Å². The van der Waals surface area contributed by atoms with Gasteiger partial charge >= 0.3 is 6.18 Å². The van der Waals surface area contributed by atoms with Gasteiger partial charge in [0, 0.05) is 23.7 Å². The van der Waals surface area contributed by atoms with Gasteiger partial charge in [-0.25, -0.2) is 8.78 Å². The van der Waals surface area contributed by atoms with E-state index < -0.39 is 23.4 Å². The maximum Gasteiger partial charge on any atom is 0.416 e. The lowest BCUT2D eigenvalue weighted by molar-refractivity contribution is -0.137. The zero-order valence-electron chi connectivity index (χ0n) is 21.1. The predicted molar refractivity (Wildman–Crippen MR) is 145 cm³/mol. The zero-order valence-corrected chi connectivity index (χ0v) is 21.1. The van der Waals surface area contributed by atoms with Gasteiger partial charge < -0.3 is 15.6 Å². The first-order valence-corrected chi connectivity index (χ1v) is 12.0. The summed E-state index contributed by atoms with van der Waals surface area (Å²) in [6.45, 7) is 14.0. The number of benzene rings is 2. The standard InChI is InChI=1S/C26H26F5N3.C2H4.C2H2/c1-15(16(2)34-25-14-32-24-13-23(28)22(27)12-21(24)25)33-20-9-5-18(6-10-20)11-17-3-7-19(8-4-17)26(29,30)31;2*1-2/h3-4,7-8,12-14,18,20,32-34H,1-2,5-6,9-11H2;1-2H2;1-2H. The Hall–Kier alpha value is -3.99. The molecular formula is C30H32F5N3. The summed E-state index contributed by atoms with van der Waals surface area (Å²) in [7, 11) is 0. The van der Waals surface area contributed by atoms with Crippen LogP contribution in [0.1, 0.15) is 36.8 Å². The molecule has 8 heteroatoms. The Balaban J connectivity index is 0.00000121. The molecule has 1 aliphatic rings. The van der Waals surface area contributed by atoms with Crippen LogP contribution in [0.2, 0.25) is 0 Å². The van der Waals surface area contributed by atoms with Crippen molar-refractivity contribution in [3.63, 3.8) is 0 Å². The minimum absolute atomic E-state index is 0.212. The van der Waals surface area contributed by atoms with Crippen LogP contribution in [0.15, 0.2) is 80.3 Å². The van der Waals surface area contributed by atoms with Crippen molar-refractivity contribution in [1.82, 2.24) is 10.3 Å². The second-order valence-electron chi connectivity index (χ2n) is 8.86. The fourth-order valence-corrected chi connectivity index (χ4v) is 4.47. The number of aromatic amines is 1. The number of fused-ring (bicyclic) bond motifs is 1. The number of alkyl halides is 3. The molecule has 1 saturated carbocycles. The summed E-state index contributed by atoms with van der Waals surface area (Å²) in [6.07, 6.45) is 9.81. The molecule has 38 heavy (non-hydrogen) atoms. The summed E-state index contributed by atoms with van der Waals surface area (Å²) in [5, 5.41) is 6.99. The van der Waals surface area contributed by atoms with Crippen LogP contribution >= 0.6 is 0 Å². The van der Waals surface area contributed by atoms with Crippen LogP contribution in [0.25, 0.3) is 10.9 Å². The molecule has 202 valence electrons. The highest BCUT2D eigenvalue weighted by Crippen LogP contribution is 2.32. The number of nitrogens with one attached hydrogen (secondary N) is 3. The molecule has 0 aliphatic heterocycles. The molecule has 1 heterocycles. The van der Waals surface area contributed by atoms with Gasteiger partial charge in [0.25, 0.3) is 0 Å². The average Bonchev–Trinajstić information content (AvgIpc) is 3.28. The van der Waals surface area contributed by atoms with E-state index >= 15 is 0 Å². The Morgan fingerprint density at radius 3 is 2.08 bits per heavy atom. The second-order valence-corrected chi connectivity index (χ2v) is 8.86. The largest absolute Gasteiger partial charge is 0.416 e. The van der Waals surface area contributed by atoms with Crippen molar-refractivity contribution in [3.8, 4) is 12.8 Å². The number of H-pyrrole nitrogens is 1. The first-order chi connectivity index (χ1) is 18.1. The van der Waals surface area contributed by atoms with E-state index in [4.69, 9.17) is 0 Å². The smallest absolute Gasteiger partial charge is 0.381 e. The van der Waals surface area contributed by atoms with Crippen molar-refractivity contribution >= 4 is 16.6 Å². The lowest BCUT2D eigenvalue weighted by Gasteiger charge is -2.31. The summed E-state index contributed by atoms with van der Waals surface area (Å²) < 4.78 is 65.2. The summed E-state index contributed by atoms with van der Waals surface area (Å²) in [4.78, 5) is 2.90. The van der Waals surface area contributed by atoms with E-state index in [0.29, 0.717) is 33.9 Å². The minimum Gasteiger partial charge on any atom is -0.381 e. The van der Waals surface area contributed by atoms with Gasteiger partial charge in [-0.15, -0.1) is 26.0 Å². The van der Waals surface area contributed by atoms with Gasteiger partial charge in [-0.05, 0) is 61.8 Å². The van der Waals surface area contributed by atoms with Gasteiger partial charge in [0.1, 0.15) is 0 Å². The van der Waals surface area contributed by atoms with Gasteiger partial charge in [0.2, 0.25) is 0 Å². The van der Waals surface area contributed by atoms with Gasteiger partial charge in [-0.3, -0.25) is 0 Å². The van der Waals surface area contributed by atoms with E-state index in [1.807, 2.05) is 0 Å². The summed E-state index contributed by atoms with van der Waals surface area (Å²) in [6, 6.07) is 7.86. The molecule has 1 aromatic heterocycles. The molecular weight excluding hydrogens is 497 g/mol. The molecule has 0 radical (unpaired) electrons. The molecule has 0 unspecified atom stereocenters. The molecule has 0 amide bonds. The quantitative estimate of drug-likeness (QED) is 0.125. The molecule has 0 saturated heterocycles. The summed E-state index contributed by atoms with van der Waals surface area (Å²) >= 11 is 0. The highest BCUT2D eigenvalue weighted by Gasteiger charge is 2.30. The van der Waals surface area contributed by atoms with Crippen molar-refractivity contribution in [2.75, 3.05) is 5.32 Å². The van der Waals surface area contributed by atoms with Crippen LogP contribution in [0, 0.1) is 30.4 Å². The molecule has 3 aromatic rings. The van der Waals surface area contributed by atoms with Gasteiger partial charge in [-0.1, -0.05) is 25.3 Å². The number of rotatable bonds is 7. The van der Waals surface area contributed by atoms with Crippen LogP contribution in [0.3, 0.4) is 0 Å². The lowest BCUT2D eigenvalue weighted by Crippen LogP contribution is -2.34. The van der Waals surface area contributed by atoms with Crippen LogP contribution in [0.5, 0.6) is 0 Å². The molecule has 4 rings (SSSR count). The summed E-state index contributed by atoms with van der Waals surface area (Å²) in [5.74, 6) is -1.42. The highest BCUT2D eigenvalue weighted by atomic mass is 19.4. The van der Waals surface area contributed by atoms with E-state index in [1.54, 1.807) is 18.3 Å². The zero-order chi connectivity index (χ0) is 28.5. The Labute approximate surface area is 220 Å². The molecule has 0 spiro atoms. The van der Waals surface area contributed by atoms with Gasteiger partial charge in [0.05, 0.1) is 28.2 Å². The van der Waals surface area contributed by atoms with Crippen LogP contribution in [-0.2, 0) is 12.6 Å². The lowest BCUT2D eigenvalue weighted by atomic mass is 9.82. The van der Waals surface area contributed by atoms with Gasteiger partial charge in [0.15, 0.2) is 11.6 Å². The third kappa shape index (κ3) is 7.75. The fraction of sp³-hybridized carbons (Fsp3) is 0.267. The van der Waals surface area contributed by atoms with Gasteiger partial charge in [-0.2, -0.15) is 13.2 Å². The van der Waals surface area contributed by atoms with Crippen LogP contribution in [-0.4, -0.2) is 11.0 Å². The number of halogens is 5. The maximum atomic E-state index is 13.6. The number of hydrogen-bond donors (Lipinski definition) is 3. The van der Waals surface area contributed by atoms with Crippen LogP contribution in [0.4, 0.5) is 27.6 Å². The number of aromatic nitrogens is 1. The van der Waals surface area contributed by atoms with Crippen molar-refractivity contribution in [2.24, 2.45) is 5.92 Å². The molecule has 1 aliphatic carbocycles. The van der Waals surface area contributed by atoms with Crippen molar-refractivity contribution in [2.45, 2.75) is 44.3 Å². The first kappa shape index (κ1) is 30.2. The fourth-order valence-electron chi connectivity index (χ4n) is 4.47. The van der Waals surface area contributed by atoms with E-state index in [9.17, 15) is 22.0 Å². The van der Waals surface area contributed by atoms with E-state index in [0.717, 1.165) is 61.9 Å². The Bertz CT molecular complexity index is 1250. The van der Waals surface area contributed by atoms with Crippen molar-refractivity contribution < 1.29 is 22.0 Å². The molecule has 1 fully saturated rings. The number of anilines is 1. The molecule has 0 bridgehead atoms. The van der Waals surface area contributed by atoms with Crippen molar-refractivity contribution in [1.29, 1.82) is 0 Å².